The fraction of sp³-hybridized carbons (Fsp3) is 0.111. The number of hydrogen-bond acceptors (Lipinski definition) is 4. The molecule has 1 aliphatic heterocycles. The van der Waals surface area contributed by atoms with Crippen molar-refractivity contribution in [2.75, 3.05) is 0 Å². The van der Waals surface area contributed by atoms with Crippen molar-refractivity contribution in [1.29, 1.82) is 0 Å². The molecule has 3 heterocycles. The Morgan fingerprint density at radius 2 is 1.79 bits per heavy atom. The highest BCUT2D eigenvalue weighted by molar-refractivity contribution is 7.99. The number of rotatable bonds is 1. The second kappa shape index (κ2) is 4.96. The summed E-state index contributed by atoms with van der Waals surface area (Å²) in [4.78, 5) is 4.67. The lowest BCUT2D eigenvalue weighted by molar-refractivity contribution is 0.135. The van der Waals surface area contributed by atoms with E-state index in [0.29, 0.717) is 0 Å². The Kier molecular flexibility index (Phi) is 2.86. The van der Waals surface area contributed by atoms with Gasteiger partial charge in [-0.05, 0) is 43.0 Å². The summed E-state index contributed by atoms with van der Waals surface area (Å²) in [6, 6.07) is 17.8. The van der Waals surface area contributed by atoms with Crippen molar-refractivity contribution in [3.8, 4) is 5.69 Å². The number of aliphatic hydroxyl groups excluding tert-OH is 1. The first-order valence-electron chi connectivity index (χ1n) is 7.72. The molecule has 1 aliphatic rings. The number of benzene rings is 2. The van der Waals surface area contributed by atoms with E-state index < -0.39 is 6.23 Å². The molecule has 0 amide bonds. The topological polar surface area (TPSA) is 55.9 Å². The summed E-state index contributed by atoms with van der Waals surface area (Å²) in [5, 5.41) is 17.4. The summed E-state index contributed by atoms with van der Waals surface area (Å²) in [5.74, 6) is 0. The highest BCUT2D eigenvalue weighted by Crippen LogP contribution is 2.44. The number of aromatic nitrogens is 4. The Bertz CT molecular complexity index is 1070. The van der Waals surface area contributed by atoms with E-state index in [9.17, 15) is 5.11 Å². The van der Waals surface area contributed by atoms with Crippen LogP contribution in [-0.2, 0) is 0 Å². The molecule has 2 aromatic carbocycles. The molecule has 0 unspecified atom stereocenters. The molecular weight excluding hydrogens is 320 g/mol. The molecule has 0 aliphatic carbocycles. The van der Waals surface area contributed by atoms with E-state index in [0.717, 1.165) is 38.2 Å². The van der Waals surface area contributed by atoms with Gasteiger partial charge in [0.05, 0.1) is 28.0 Å². The van der Waals surface area contributed by atoms with Crippen molar-refractivity contribution in [3.63, 3.8) is 0 Å². The first-order valence-corrected chi connectivity index (χ1v) is 8.53. The Hall–Kier alpha value is -2.57. The Balaban J connectivity index is 1.75. The Morgan fingerprint density at radius 3 is 2.62 bits per heavy atom. The molecule has 0 spiro atoms. The summed E-state index contributed by atoms with van der Waals surface area (Å²) in [6.45, 7) is 1.94. The van der Waals surface area contributed by atoms with Crippen molar-refractivity contribution in [3.05, 3.63) is 65.9 Å². The summed E-state index contributed by atoms with van der Waals surface area (Å²) in [6.07, 6.45) is -0.777. The fourth-order valence-corrected chi connectivity index (χ4v) is 4.41. The number of aryl methyl sites for hydroxylation is 1. The minimum atomic E-state index is -0.777. The summed E-state index contributed by atoms with van der Waals surface area (Å²) in [5.41, 5.74) is 4.48. The standard InChI is InChI=1S/C18H14N4OS/c1-11-15-16(23)21-14-10-6-5-9-13(14)19-18(21)24-17(15)22(20-11)12-7-3-2-4-8-12/h2-10,16,23H,1H3/t16-/m0/s1. The first-order chi connectivity index (χ1) is 11.7. The molecule has 118 valence electrons. The average molecular weight is 334 g/mol. The molecule has 5 nitrogen and oxygen atoms in total. The van der Waals surface area contributed by atoms with E-state index in [4.69, 9.17) is 0 Å². The number of nitrogens with zero attached hydrogens (tertiary/aromatic N) is 4. The summed E-state index contributed by atoms with van der Waals surface area (Å²) >= 11 is 1.55. The molecule has 4 aromatic rings. The van der Waals surface area contributed by atoms with Gasteiger partial charge < -0.3 is 5.11 Å². The van der Waals surface area contributed by atoms with E-state index in [1.54, 1.807) is 11.8 Å². The van der Waals surface area contributed by atoms with Gasteiger partial charge in [-0.1, -0.05) is 30.3 Å². The van der Waals surface area contributed by atoms with E-state index in [1.165, 1.54) is 0 Å². The lowest BCUT2D eigenvalue weighted by Gasteiger charge is -2.22. The van der Waals surface area contributed by atoms with Crippen molar-refractivity contribution >= 4 is 22.8 Å². The van der Waals surface area contributed by atoms with Gasteiger partial charge in [-0.3, -0.25) is 4.57 Å². The lowest BCUT2D eigenvalue weighted by atomic mass is 10.2. The van der Waals surface area contributed by atoms with E-state index in [1.807, 2.05) is 70.8 Å². The van der Waals surface area contributed by atoms with Crippen molar-refractivity contribution in [2.45, 2.75) is 23.3 Å². The molecular formula is C18H14N4OS. The third kappa shape index (κ3) is 1.81. The smallest absolute Gasteiger partial charge is 0.177 e. The van der Waals surface area contributed by atoms with Crippen LogP contribution < -0.4 is 0 Å². The van der Waals surface area contributed by atoms with Gasteiger partial charge in [-0.25, -0.2) is 9.67 Å². The van der Waals surface area contributed by atoms with Gasteiger partial charge in [0, 0.05) is 0 Å². The fourth-order valence-electron chi connectivity index (χ4n) is 3.20. The summed E-state index contributed by atoms with van der Waals surface area (Å²) in [7, 11) is 0. The van der Waals surface area contributed by atoms with E-state index in [-0.39, 0.29) is 0 Å². The monoisotopic (exact) mass is 334 g/mol. The maximum absolute atomic E-state index is 11.0. The van der Waals surface area contributed by atoms with Crippen LogP contribution in [-0.4, -0.2) is 24.4 Å². The predicted octanol–water partition coefficient (Wildman–Crippen LogP) is 3.53. The molecule has 0 saturated heterocycles. The lowest BCUT2D eigenvalue weighted by Crippen LogP contribution is -2.16. The Labute approximate surface area is 142 Å². The SMILES string of the molecule is Cc1nn(-c2ccccc2)c2c1[C@H](O)n1c(nc3ccccc31)S2. The van der Waals surface area contributed by atoms with Gasteiger partial charge in [-0.15, -0.1) is 0 Å². The van der Waals surface area contributed by atoms with Gasteiger partial charge in [0.15, 0.2) is 11.4 Å². The van der Waals surface area contributed by atoms with Crippen LogP contribution in [0.1, 0.15) is 17.5 Å². The molecule has 24 heavy (non-hydrogen) atoms. The van der Waals surface area contributed by atoms with Crippen LogP contribution in [0.15, 0.2) is 64.8 Å². The second-order valence-electron chi connectivity index (χ2n) is 5.78. The third-order valence-electron chi connectivity index (χ3n) is 4.32. The zero-order chi connectivity index (χ0) is 16.3. The minimum Gasteiger partial charge on any atom is -0.369 e. The third-order valence-corrected chi connectivity index (χ3v) is 5.37. The average Bonchev–Trinajstić information content (AvgIpc) is 3.14. The molecule has 1 atom stereocenters. The van der Waals surface area contributed by atoms with E-state index >= 15 is 0 Å². The number of imidazole rings is 1. The van der Waals surface area contributed by atoms with Crippen molar-refractivity contribution in [1.82, 2.24) is 19.3 Å². The molecule has 6 heteroatoms. The van der Waals surface area contributed by atoms with Crippen molar-refractivity contribution < 1.29 is 5.11 Å². The second-order valence-corrected chi connectivity index (χ2v) is 6.74. The van der Waals surface area contributed by atoms with Gasteiger partial charge in [0.1, 0.15) is 5.03 Å². The van der Waals surface area contributed by atoms with Gasteiger partial charge >= 0.3 is 0 Å². The van der Waals surface area contributed by atoms with Crippen molar-refractivity contribution in [2.24, 2.45) is 0 Å². The number of para-hydroxylation sites is 3. The number of fused-ring (bicyclic) bond motifs is 4. The van der Waals surface area contributed by atoms with Crippen LogP contribution in [0.3, 0.4) is 0 Å². The van der Waals surface area contributed by atoms with Crippen LogP contribution in [0.5, 0.6) is 0 Å². The largest absolute Gasteiger partial charge is 0.369 e. The minimum absolute atomic E-state index is 0.777. The predicted molar refractivity (Wildman–Crippen MR) is 92.5 cm³/mol. The Morgan fingerprint density at radius 1 is 1.04 bits per heavy atom. The molecule has 5 rings (SSSR count). The van der Waals surface area contributed by atoms with Crippen LogP contribution in [0.25, 0.3) is 16.7 Å². The highest BCUT2D eigenvalue weighted by Gasteiger charge is 2.33. The zero-order valence-electron chi connectivity index (χ0n) is 12.9. The van der Waals surface area contributed by atoms with Crippen LogP contribution >= 0.6 is 11.8 Å². The van der Waals surface area contributed by atoms with Crippen LogP contribution in [0, 0.1) is 6.92 Å². The molecule has 1 N–H and O–H groups in total. The quantitative estimate of drug-likeness (QED) is 0.578. The molecule has 0 bridgehead atoms. The van der Waals surface area contributed by atoms with E-state index in [2.05, 4.69) is 10.1 Å². The number of aliphatic hydroxyl groups is 1. The van der Waals surface area contributed by atoms with Gasteiger partial charge in [-0.2, -0.15) is 5.10 Å². The highest BCUT2D eigenvalue weighted by atomic mass is 32.2. The maximum atomic E-state index is 11.0. The normalized spacial score (nSPS) is 16.2. The molecule has 0 saturated carbocycles. The van der Waals surface area contributed by atoms with Crippen LogP contribution in [0.4, 0.5) is 0 Å². The number of hydrogen-bond donors (Lipinski definition) is 1. The van der Waals surface area contributed by atoms with Gasteiger partial charge in [0.2, 0.25) is 0 Å². The molecule has 2 aromatic heterocycles. The summed E-state index contributed by atoms with van der Waals surface area (Å²) < 4.78 is 3.77. The molecule has 0 fully saturated rings. The van der Waals surface area contributed by atoms with Gasteiger partial charge in [0.25, 0.3) is 0 Å². The van der Waals surface area contributed by atoms with Crippen LogP contribution in [0.2, 0.25) is 0 Å². The maximum Gasteiger partial charge on any atom is 0.177 e. The molecule has 0 radical (unpaired) electrons. The first kappa shape index (κ1) is 13.8. The zero-order valence-corrected chi connectivity index (χ0v) is 13.7.